The van der Waals surface area contributed by atoms with Crippen molar-refractivity contribution in [2.45, 2.75) is 6.54 Å². The first kappa shape index (κ1) is 17.4. The van der Waals surface area contributed by atoms with Crippen molar-refractivity contribution >= 4 is 17.8 Å². The second-order valence-corrected chi connectivity index (χ2v) is 5.85. The smallest absolute Gasteiger partial charge is 0.251 e. The highest BCUT2D eigenvalue weighted by Gasteiger charge is 2.04. The molecule has 128 valence electrons. The van der Waals surface area contributed by atoms with Gasteiger partial charge in [-0.25, -0.2) is 0 Å². The minimum atomic E-state index is -0.0944. The molecule has 26 heavy (non-hydrogen) atoms. The van der Waals surface area contributed by atoms with Gasteiger partial charge in [0.05, 0.1) is 0 Å². The summed E-state index contributed by atoms with van der Waals surface area (Å²) < 4.78 is 0. The Bertz CT molecular complexity index is 898. The lowest BCUT2D eigenvalue weighted by Crippen LogP contribution is -2.22. The van der Waals surface area contributed by atoms with Crippen LogP contribution in [0.15, 0.2) is 91.0 Å². The van der Waals surface area contributed by atoms with Gasteiger partial charge in [-0.15, -0.1) is 0 Å². The second-order valence-electron chi connectivity index (χ2n) is 5.85. The van der Waals surface area contributed by atoms with Crippen molar-refractivity contribution < 1.29 is 9.59 Å². The molecule has 3 nitrogen and oxygen atoms in total. The van der Waals surface area contributed by atoms with Gasteiger partial charge in [-0.1, -0.05) is 78.9 Å². The highest BCUT2D eigenvalue weighted by Crippen LogP contribution is 2.09. The molecule has 0 atom stereocenters. The van der Waals surface area contributed by atoms with Crippen LogP contribution in [0.25, 0.3) is 6.08 Å². The zero-order chi connectivity index (χ0) is 18.2. The Hall–Kier alpha value is -3.46. The molecule has 0 heterocycles. The van der Waals surface area contributed by atoms with Gasteiger partial charge in [0.2, 0.25) is 0 Å². The number of nitrogens with one attached hydrogen (secondary N) is 1. The normalized spacial score (nSPS) is 10.6. The Labute approximate surface area is 153 Å². The summed E-state index contributed by atoms with van der Waals surface area (Å²) in [5.74, 6) is -0.118. The monoisotopic (exact) mass is 341 g/mol. The molecular formula is C23H19NO2. The Morgan fingerprint density at radius 2 is 1.31 bits per heavy atom. The lowest BCUT2D eigenvalue weighted by atomic mass is 10.1. The summed E-state index contributed by atoms with van der Waals surface area (Å²) in [6.45, 7) is 0.459. The number of carbonyl (C=O) groups excluding carboxylic acids is 2. The van der Waals surface area contributed by atoms with E-state index in [1.54, 1.807) is 36.4 Å². The number of benzene rings is 3. The summed E-state index contributed by atoms with van der Waals surface area (Å²) in [6.07, 6.45) is 3.36. The fourth-order valence-corrected chi connectivity index (χ4v) is 2.49. The van der Waals surface area contributed by atoms with Gasteiger partial charge in [-0.05, 0) is 29.3 Å². The number of allylic oxidation sites excluding steroid dienone is 1. The van der Waals surface area contributed by atoms with E-state index in [4.69, 9.17) is 0 Å². The lowest BCUT2D eigenvalue weighted by Gasteiger charge is -2.05. The van der Waals surface area contributed by atoms with E-state index >= 15 is 0 Å². The highest BCUT2D eigenvalue weighted by atomic mass is 16.1. The van der Waals surface area contributed by atoms with Crippen LogP contribution < -0.4 is 5.32 Å². The van der Waals surface area contributed by atoms with E-state index in [1.807, 2.05) is 60.7 Å². The largest absolute Gasteiger partial charge is 0.348 e. The summed E-state index contributed by atoms with van der Waals surface area (Å²) in [7, 11) is 0. The number of carbonyl (C=O) groups is 2. The first-order chi connectivity index (χ1) is 12.7. The Morgan fingerprint density at radius 3 is 1.92 bits per heavy atom. The molecule has 0 unspecified atom stereocenters. The fraction of sp³-hybridized carbons (Fsp3) is 0.0435. The van der Waals surface area contributed by atoms with Crippen molar-refractivity contribution in [1.29, 1.82) is 0 Å². The lowest BCUT2D eigenvalue weighted by molar-refractivity contribution is 0.0950. The predicted molar refractivity (Wildman–Crippen MR) is 104 cm³/mol. The molecular weight excluding hydrogens is 322 g/mol. The molecule has 0 saturated carbocycles. The van der Waals surface area contributed by atoms with E-state index in [0.29, 0.717) is 17.7 Å². The Balaban J connectivity index is 1.56. The van der Waals surface area contributed by atoms with Gasteiger partial charge < -0.3 is 5.32 Å². The number of hydrogen-bond donors (Lipinski definition) is 1. The summed E-state index contributed by atoms with van der Waals surface area (Å²) in [5, 5.41) is 2.90. The quantitative estimate of drug-likeness (QED) is 0.529. The molecule has 3 aromatic rings. The van der Waals surface area contributed by atoms with E-state index < -0.39 is 0 Å². The minimum absolute atomic E-state index is 0.0233. The molecule has 1 amide bonds. The van der Waals surface area contributed by atoms with Crippen molar-refractivity contribution in [2.24, 2.45) is 0 Å². The van der Waals surface area contributed by atoms with Crippen molar-refractivity contribution in [3.8, 4) is 0 Å². The van der Waals surface area contributed by atoms with Crippen LogP contribution in [-0.4, -0.2) is 11.7 Å². The predicted octanol–water partition coefficient (Wildman–Crippen LogP) is 4.51. The van der Waals surface area contributed by atoms with Crippen LogP contribution in [0.2, 0.25) is 0 Å². The third-order valence-corrected chi connectivity index (χ3v) is 3.95. The molecule has 1 N–H and O–H groups in total. The first-order valence-corrected chi connectivity index (χ1v) is 8.42. The van der Waals surface area contributed by atoms with Gasteiger partial charge in [0, 0.05) is 17.7 Å². The van der Waals surface area contributed by atoms with Gasteiger partial charge in [0.15, 0.2) is 5.78 Å². The summed E-state index contributed by atoms with van der Waals surface area (Å²) in [4.78, 5) is 24.1. The number of ketones is 1. The molecule has 0 aliphatic heterocycles. The number of hydrogen-bond acceptors (Lipinski definition) is 2. The number of amides is 1. The maximum atomic E-state index is 12.1. The summed E-state index contributed by atoms with van der Waals surface area (Å²) in [6, 6.07) is 26.0. The average molecular weight is 341 g/mol. The second kappa shape index (κ2) is 8.58. The molecule has 0 bridgehead atoms. The van der Waals surface area contributed by atoms with Crippen LogP contribution in [0.1, 0.15) is 31.8 Å². The van der Waals surface area contributed by atoms with Gasteiger partial charge in [0.1, 0.15) is 0 Å². The van der Waals surface area contributed by atoms with E-state index in [1.165, 1.54) is 0 Å². The third-order valence-electron chi connectivity index (χ3n) is 3.95. The molecule has 3 aromatic carbocycles. The maximum Gasteiger partial charge on any atom is 0.251 e. The van der Waals surface area contributed by atoms with Crippen LogP contribution in [0, 0.1) is 0 Å². The van der Waals surface area contributed by atoms with E-state index in [9.17, 15) is 9.59 Å². The molecule has 3 rings (SSSR count). The standard InChI is InChI=1S/C23H19NO2/c25-22(20-7-3-1-4-8-20)16-15-18-11-13-19(14-12-18)17-24-23(26)21-9-5-2-6-10-21/h1-16H,17H2,(H,24,26). The van der Waals surface area contributed by atoms with Gasteiger partial charge in [-0.2, -0.15) is 0 Å². The molecule has 0 radical (unpaired) electrons. The van der Waals surface area contributed by atoms with Crippen LogP contribution in [-0.2, 0) is 6.54 Å². The topological polar surface area (TPSA) is 46.2 Å². The zero-order valence-corrected chi connectivity index (χ0v) is 14.3. The van der Waals surface area contributed by atoms with E-state index in [0.717, 1.165) is 11.1 Å². The van der Waals surface area contributed by atoms with Gasteiger partial charge in [0.25, 0.3) is 5.91 Å². The first-order valence-electron chi connectivity index (χ1n) is 8.42. The highest BCUT2D eigenvalue weighted by molar-refractivity contribution is 6.06. The van der Waals surface area contributed by atoms with Gasteiger partial charge in [-0.3, -0.25) is 9.59 Å². The van der Waals surface area contributed by atoms with Crippen LogP contribution in [0.3, 0.4) is 0 Å². The third kappa shape index (κ3) is 4.77. The van der Waals surface area contributed by atoms with E-state index in [-0.39, 0.29) is 11.7 Å². The van der Waals surface area contributed by atoms with Crippen molar-refractivity contribution in [3.05, 3.63) is 113 Å². The molecule has 0 aromatic heterocycles. The van der Waals surface area contributed by atoms with Crippen molar-refractivity contribution in [2.75, 3.05) is 0 Å². The molecule has 0 saturated heterocycles. The van der Waals surface area contributed by atoms with Crippen LogP contribution in [0.4, 0.5) is 0 Å². The SMILES string of the molecule is O=C(C=Cc1ccc(CNC(=O)c2ccccc2)cc1)c1ccccc1. The van der Waals surface area contributed by atoms with Crippen LogP contribution >= 0.6 is 0 Å². The fourth-order valence-electron chi connectivity index (χ4n) is 2.49. The van der Waals surface area contributed by atoms with Crippen molar-refractivity contribution in [1.82, 2.24) is 5.32 Å². The Kier molecular flexibility index (Phi) is 5.73. The molecule has 3 heteroatoms. The Morgan fingerprint density at radius 1 is 0.731 bits per heavy atom. The zero-order valence-electron chi connectivity index (χ0n) is 14.3. The molecule has 0 aliphatic carbocycles. The maximum absolute atomic E-state index is 12.1. The minimum Gasteiger partial charge on any atom is -0.348 e. The van der Waals surface area contributed by atoms with Crippen molar-refractivity contribution in [3.63, 3.8) is 0 Å². The van der Waals surface area contributed by atoms with Crippen LogP contribution in [0.5, 0.6) is 0 Å². The van der Waals surface area contributed by atoms with Gasteiger partial charge >= 0.3 is 0 Å². The van der Waals surface area contributed by atoms with E-state index in [2.05, 4.69) is 5.32 Å². The summed E-state index contributed by atoms with van der Waals surface area (Å²) in [5.41, 5.74) is 3.25. The summed E-state index contributed by atoms with van der Waals surface area (Å²) >= 11 is 0. The molecule has 0 aliphatic rings. The molecule has 0 fully saturated rings. The molecule has 0 spiro atoms. The average Bonchev–Trinajstić information content (AvgIpc) is 2.72. The number of rotatable bonds is 6.